The second kappa shape index (κ2) is 4.72. The largest absolute Gasteiger partial charge is 0.472 e. The highest BCUT2D eigenvalue weighted by Crippen LogP contribution is 2.05. The number of aryl methyl sites for hydroxylation is 1. The molecule has 0 saturated heterocycles. The summed E-state index contributed by atoms with van der Waals surface area (Å²) in [5.74, 6) is 0. The van der Waals surface area contributed by atoms with Gasteiger partial charge >= 0.3 is 0 Å². The molecular formula is C10H13N3O3S. The molecule has 17 heavy (non-hydrogen) atoms. The lowest BCUT2D eigenvalue weighted by Gasteiger charge is -2.02. The van der Waals surface area contributed by atoms with Gasteiger partial charge < -0.3 is 8.98 Å². The smallest absolute Gasteiger partial charge is 0.259 e. The molecule has 1 N–H and O–H groups in total. The second-order valence-electron chi connectivity index (χ2n) is 3.66. The molecular weight excluding hydrogens is 242 g/mol. The van der Waals surface area contributed by atoms with Gasteiger partial charge in [0.25, 0.3) is 10.0 Å². The molecule has 0 aliphatic carbocycles. The summed E-state index contributed by atoms with van der Waals surface area (Å²) in [6, 6.07) is 1.80. The number of imidazole rings is 1. The zero-order valence-electron chi connectivity index (χ0n) is 9.33. The highest BCUT2D eigenvalue weighted by Gasteiger charge is 2.15. The molecule has 0 aromatic carbocycles. The van der Waals surface area contributed by atoms with Crippen LogP contribution in [0.4, 0.5) is 0 Å². The van der Waals surface area contributed by atoms with Crippen LogP contribution in [0.3, 0.4) is 0 Å². The number of aromatic nitrogens is 2. The van der Waals surface area contributed by atoms with Gasteiger partial charge in [0.15, 0.2) is 5.03 Å². The van der Waals surface area contributed by atoms with Crippen molar-refractivity contribution in [2.24, 2.45) is 7.05 Å². The van der Waals surface area contributed by atoms with Gasteiger partial charge in [-0.3, -0.25) is 0 Å². The molecule has 2 aromatic heterocycles. The van der Waals surface area contributed by atoms with Crippen molar-refractivity contribution in [3.8, 4) is 0 Å². The number of hydrogen-bond donors (Lipinski definition) is 1. The van der Waals surface area contributed by atoms with E-state index < -0.39 is 10.0 Å². The van der Waals surface area contributed by atoms with Gasteiger partial charge in [0.1, 0.15) is 0 Å². The molecule has 0 saturated carbocycles. The molecule has 92 valence electrons. The number of furan rings is 1. The molecule has 7 heteroatoms. The minimum absolute atomic E-state index is 0.0344. The summed E-state index contributed by atoms with van der Waals surface area (Å²) >= 11 is 0. The van der Waals surface area contributed by atoms with Gasteiger partial charge in [0.05, 0.1) is 18.9 Å². The van der Waals surface area contributed by atoms with E-state index in [1.165, 1.54) is 12.5 Å². The van der Waals surface area contributed by atoms with Crippen molar-refractivity contribution in [2.45, 2.75) is 11.4 Å². The molecule has 0 spiro atoms. The topological polar surface area (TPSA) is 77.1 Å². The molecule has 2 rings (SSSR count). The van der Waals surface area contributed by atoms with Crippen LogP contribution in [0.5, 0.6) is 0 Å². The monoisotopic (exact) mass is 255 g/mol. The van der Waals surface area contributed by atoms with E-state index in [1.807, 2.05) is 0 Å². The quantitative estimate of drug-likeness (QED) is 0.845. The van der Waals surface area contributed by atoms with Crippen molar-refractivity contribution in [1.82, 2.24) is 14.3 Å². The Morgan fingerprint density at radius 3 is 2.94 bits per heavy atom. The fourth-order valence-corrected chi connectivity index (χ4v) is 2.38. The van der Waals surface area contributed by atoms with Gasteiger partial charge in [-0.2, -0.15) is 0 Å². The third-order valence-corrected chi connectivity index (χ3v) is 3.59. The first-order chi connectivity index (χ1) is 8.08. The number of hydrogen-bond acceptors (Lipinski definition) is 4. The maximum atomic E-state index is 11.8. The molecule has 2 heterocycles. The molecule has 0 radical (unpaired) electrons. The van der Waals surface area contributed by atoms with Gasteiger partial charge in [-0.1, -0.05) is 0 Å². The lowest BCUT2D eigenvalue weighted by atomic mass is 10.2. The average Bonchev–Trinajstić information content (AvgIpc) is 2.89. The van der Waals surface area contributed by atoms with Gasteiger partial charge in [-0.05, 0) is 18.1 Å². The Kier molecular flexibility index (Phi) is 3.30. The summed E-state index contributed by atoms with van der Waals surface area (Å²) in [4.78, 5) is 3.80. The number of sulfonamides is 1. The molecule has 0 atom stereocenters. The van der Waals surface area contributed by atoms with Crippen LogP contribution in [0.2, 0.25) is 0 Å². The Hall–Kier alpha value is -1.60. The number of nitrogens with one attached hydrogen (secondary N) is 1. The Morgan fingerprint density at radius 1 is 1.53 bits per heavy atom. The first kappa shape index (κ1) is 11.9. The van der Waals surface area contributed by atoms with Gasteiger partial charge in [-0.25, -0.2) is 18.1 Å². The summed E-state index contributed by atoms with van der Waals surface area (Å²) in [7, 11) is -1.79. The molecule has 0 aliphatic rings. The number of nitrogens with zero attached hydrogens (tertiary/aromatic N) is 2. The molecule has 0 unspecified atom stereocenters. The SMILES string of the molecule is Cn1cnc(S(=O)(=O)NCCc2ccoc2)c1. The van der Waals surface area contributed by atoms with Gasteiger partial charge in [-0.15, -0.1) is 0 Å². The Bertz CT molecular complexity index is 572. The molecule has 0 fully saturated rings. The van der Waals surface area contributed by atoms with E-state index in [9.17, 15) is 8.42 Å². The highest BCUT2D eigenvalue weighted by atomic mass is 32.2. The van der Waals surface area contributed by atoms with Crippen molar-refractivity contribution in [3.63, 3.8) is 0 Å². The average molecular weight is 255 g/mol. The fraction of sp³-hybridized carbons (Fsp3) is 0.300. The maximum absolute atomic E-state index is 11.8. The van der Waals surface area contributed by atoms with Crippen LogP contribution in [0.1, 0.15) is 5.56 Å². The minimum atomic E-state index is -3.51. The maximum Gasteiger partial charge on any atom is 0.259 e. The predicted molar refractivity (Wildman–Crippen MR) is 60.8 cm³/mol. The van der Waals surface area contributed by atoms with Crippen LogP contribution in [0.25, 0.3) is 0 Å². The summed E-state index contributed by atoms with van der Waals surface area (Å²) < 4.78 is 32.5. The Labute approximate surface area is 99.3 Å². The lowest BCUT2D eigenvalue weighted by molar-refractivity contribution is 0.562. The van der Waals surface area contributed by atoms with Crippen molar-refractivity contribution >= 4 is 10.0 Å². The molecule has 6 nitrogen and oxygen atoms in total. The van der Waals surface area contributed by atoms with E-state index >= 15 is 0 Å². The van der Waals surface area contributed by atoms with E-state index in [-0.39, 0.29) is 5.03 Å². The zero-order valence-corrected chi connectivity index (χ0v) is 10.1. The van der Waals surface area contributed by atoms with Crippen molar-refractivity contribution in [3.05, 3.63) is 36.7 Å². The molecule has 2 aromatic rings. The molecule has 0 bridgehead atoms. The summed E-state index contributed by atoms with van der Waals surface area (Å²) in [5.41, 5.74) is 0.953. The minimum Gasteiger partial charge on any atom is -0.472 e. The Morgan fingerprint density at radius 2 is 2.35 bits per heavy atom. The van der Waals surface area contributed by atoms with Crippen LogP contribution < -0.4 is 4.72 Å². The second-order valence-corrected chi connectivity index (χ2v) is 5.37. The first-order valence-corrected chi connectivity index (χ1v) is 6.55. The molecule has 0 amide bonds. The van der Waals surface area contributed by atoms with Crippen LogP contribution >= 0.6 is 0 Å². The number of rotatable bonds is 5. The van der Waals surface area contributed by atoms with E-state index in [2.05, 4.69) is 9.71 Å². The van der Waals surface area contributed by atoms with Crippen LogP contribution in [-0.4, -0.2) is 24.5 Å². The van der Waals surface area contributed by atoms with Crippen molar-refractivity contribution in [2.75, 3.05) is 6.54 Å². The van der Waals surface area contributed by atoms with E-state index in [1.54, 1.807) is 30.2 Å². The van der Waals surface area contributed by atoms with Crippen LogP contribution in [0, 0.1) is 0 Å². The van der Waals surface area contributed by atoms with Crippen LogP contribution in [-0.2, 0) is 23.5 Å². The van der Waals surface area contributed by atoms with Crippen molar-refractivity contribution < 1.29 is 12.8 Å². The highest BCUT2D eigenvalue weighted by molar-refractivity contribution is 7.89. The van der Waals surface area contributed by atoms with Gasteiger partial charge in [0, 0.05) is 19.8 Å². The van der Waals surface area contributed by atoms with E-state index in [0.717, 1.165) is 5.56 Å². The van der Waals surface area contributed by atoms with Gasteiger partial charge in [0.2, 0.25) is 0 Å². The Balaban J connectivity index is 1.94. The summed E-state index contributed by atoms with van der Waals surface area (Å²) in [6.07, 6.45) is 6.64. The standard InChI is InChI=1S/C10H13N3O3S/c1-13-6-10(11-8-13)17(14,15)12-4-2-9-3-5-16-7-9/h3,5-8,12H,2,4H2,1H3. The summed E-state index contributed by atoms with van der Waals surface area (Å²) in [6.45, 7) is 0.318. The van der Waals surface area contributed by atoms with Crippen LogP contribution in [0.15, 0.2) is 40.6 Å². The normalized spacial score (nSPS) is 11.8. The first-order valence-electron chi connectivity index (χ1n) is 5.06. The van der Waals surface area contributed by atoms with E-state index in [0.29, 0.717) is 13.0 Å². The summed E-state index contributed by atoms with van der Waals surface area (Å²) in [5, 5.41) is 0.0344. The third-order valence-electron chi connectivity index (χ3n) is 2.24. The zero-order chi connectivity index (χ0) is 12.3. The molecule has 0 aliphatic heterocycles. The van der Waals surface area contributed by atoms with Crippen molar-refractivity contribution in [1.29, 1.82) is 0 Å². The van der Waals surface area contributed by atoms with E-state index in [4.69, 9.17) is 4.42 Å². The predicted octanol–water partition coefficient (Wildman–Crippen LogP) is 0.534. The fourth-order valence-electron chi connectivity index (χ4n) is 1.37. The third kappa shape index (κ3) is 2.95. The lowest BCUT2D eigenvalue weighted by Crippen LogP contribution is -2.26.